The maximum Gasteiger partial charge on any atom is 0.338 e. The minimum Gasteiger partial charge on any atom is -0.493 e. The lowest BCUT2D eigenvalue weighted by atomic mass is 9.94. The number of carbonyl (C=O) groups excluding carboxylic acids is 3. The number of allylic oxidation sites excluding steroid dienone is 1. The molecule has 2 heterocycles. The van der Waals surface area contributed by atoms with Gasteiger partial charge in [-0.3, -0.25) is 14.5 Å². The van der Waals surface area contributed by atoms with Crippen LogP contribution in [0.25, 0.3) is 0 Å². The number of carbonyl (C=O) groups is 3. The van der Waals surface area contributed by atoms with E-state index >= 15 is 0 Å². The van der Waals surface area contributed by atoms with Gasteiger partial charge in [-0.25, -0.2) is 9.79 Å². The van der Waals surface area contributed by atoms with Crippen molar-refractivity contribution in [2.24, 2.45) is 4.99 Å². The van der Waals surface area contributed by atoms with Crippen LogP contribution < -0.4 is 9.47 Å². The molecule has 2 atom stereocenters. The highest BCUT2D eigenvalue weighted by Crippen LogP contribution is 2.44. The number of thioether (sulfide) groups is 1. The van der Waals surface area contributed by atoms with Crippen LogP contribution in [0.2, 0.25) is 0 Å². The van der Waals surface area contributed by atoms with Gasteiger partial charge >= 0.3 is 11.9 Å². The van der Waals surface area contributed by atoms with Gasteiger partial charge in [0.05, 0.1) is 35.8 Å². The van der Waals surface area contributed by atoms with Crippen molar-refractivity contribution in [1.29, 1.82) is 0 Å². The van der Waals surface area contributed by atoms with E-state index in [0.29, 0.717) is 22.2 Å². The molecule has 0 aromatic heterocycles. The van der Waals surface area contributed by atoms with Gasteiger partial charge in [-0.15, -0.1) is 0 Å². The Morgan fingerprint density at radius 2 is 1.93 bits per heavy atom. The molecule has 160 valence electrons. The Balaban J connectivity index is 2.14. The molecular formula is C21H24N2O6S. The zero-order valence-electron chi connectivity index (χ0n) is 17.7. The molecule has 1 amide bonds. The first-order chi connectivity index (χ1) is 14.1. The summed E-state index contributed by atoms with van der Waals surface area (Å²) >= 11 is 1.35. The van der Waals surface area contributed by atoms with Crippen LogP contribution in [0.3, 0.4) is 0 Å². The molecule has 0 spiro atoms. The van der Waals surface area contributed by atoms with Crippen molar-refractivity contribution in [2.75, 3.05) is 7.11 Å². The van der Waals surface area contributed by atoms with Crippen LogP contribution in [0.5, 0.6) is 11.5 Å². The van der Waals surface area contributed by atoms with E-state index in [4.69, 9.17) is 14.2 Å². The lowest BCUT2D eigenvalue weighted by molar-refractivity contribution is -0.143. The number of hydrogen-bond donors (Lipinski definition) is 0. The molecule has 1 fully saturated rings. The second kappa shape index (κ2) is 8.51. The first-order valence-corrected chi connectivity index (χ1v) is 10.4. The Kier molecular flexibility index (Phi) is 6.21. The number of fused-ring (bicyclic) bond motifs is 1. The van der Waals surface area contributed by atoms with E-state index < -0.39 is 18.0 Å². The smallest absolute Gasteiger partial charge is 0.338 e. The van der Waals surface area contributed by atoms with Gasteiger partial charge in [0.25, 0.3) is 0 Å². The maximum absolute atomic E-state index is 13.0. The lowest BCUT2D eigenvalue weighted by Crippen LogP contribution is -2.40. The SMILES string of the molecule is COc1cc([C@H]2C(C(=O)OC(C)C)=C(C)N=C3S[C@H](C)C(=O)N32)ccc1OC(C)=O. The maximum atomic E-state index is 13.0. The topological polar surface area (TPSA) is 94.5 Å². The summed E-state index contributed by atoms with van der Waals surface area (Å²) in [6.07, 6.45) is -0.327. The molecule has 1 aromatic rings. The summed E-state index contributed by atoms with van der Waals surface area (Å²) in [5.41, 5.74) is 1.40. The largest absolute Gasteiger partial charge is 0.493 e. The van der Waals surface area contributed by atoms with Crippen molar-refractivity contribution in [3.05, 3.63) is 35.0 Å². The van der Waals surface area contributed by atoms with Gasteiger partial charge in [-0.1, -0.05) is 17.8 Å². The Morgan fingerprint density at radius 1 is 1.23 bits per heavy atom. The molecule has 0 unspecified atom stereocenters. The van der Waals surface area contributed by atoms with Gasteiger partial charge in [-0.05, 0) is 45.4 Å². The molecule has 2 aliphatic heterocycles. The van der Waals surface area contributed by atoms with Crippen molar-refractivity contribution in [3.63, 3.8) is 0 Å². The van der Waals surface area contributed by atoms with Gasteiger partial charge in [0.15, 0.2) is 16.7 Å². The molecule has 8 nitrogen and oxygen atoms in total. The first-order valence-electron chi connectivity index (χ1n) is 9.50. The summed E-state index contributed by atoms with van der Waals surface area (Å²) in [6.45, 7) is 8.35. The Hall–Kier alpha value is -2.81. The fourth-order valence-corrected chi connectivity index (χ4v) is 4.38. The Labute approximate surface area is 179 Å². The molecule has 1 aromatic carbocycles. The number of esters is 2. The van der Waals surface area contributed by atoms with E-state index in [1.807, 2.05) is 0 Å². The molecule has 0 aliphatic carbocycles. The second-order valence-electron chi connectivity index (χ2n) is 7.22. The Morgan fingerprint density at radius 3 is 2.53 bits per heavy atom. The van der Waals surface area contributed by atoms with Crippen molar-refractivity contribution >= 4 is 34.8 Å². The summed E-state index contributed by atoms with van der Waals surface area (Å²) in [5.74, 6) is -0.593. The summed E-state index contributed by atoms with van der Waals surface area (Å²) in [5, 5.41) is 0.223. The van der Waals surface area contributed by atoms with E-state index in [2.05, 4.69) is 4.99 Å². The minimum absolute atomic E-state index is 0.144. The van der Waals surface area contributed by atoms with Crippen molar-refractivity contribution in [1.82, 2.24) is 4.90 Å². The average Bonchev–Trinajstić information content (AvgIpc) is 2.93. The molecule has 9 heteroatoms. The standard InChI is InChI=1S/C21H24N2O6S/c1-10(2)28-20(26)17-11(3)22-21-23(19(25)12(4)30-21)18(17)14-7-8-15(29-13(5)24)16(9-14)27-6/h7-10,12,18H,1-6H3/t12-,18+/m1/s1. The van der Waals surface area contributed by atoms with E-state index in [1.54, 1.807) is 45.9 Å². The average molecular weight is 432 g/mol. The molecule has 2 aliphatic rings. The predicted octanol–water partition coefficient (Wildman–Crippen LogP) is 3.22. The highest BCUT2D eigenvalue weighted by atomic mass is 32.2. The number of amidine groups is 1. The van der Waals surface area contributed by atoms with E-state index in [1.165, 1.54) is 30.7 Å². The number of methoxy groups -OCH3 is 1. The zero-order valence-corrected chi connectivity index (χ0v) is 18.5. The molecular weight excluding hydrogens is 408 g/mol. The third-order valence-electron chi connectivity index (χ3n) is 4.58. The fraction of sp³-hybridized carbons (Fsp3) is 0.429. The quantitative estimate of drug-likeness (QED) is 0.521. The van der Waals surface area contributed by atoms with Gasteiger partial charge < -0.3 is 14.2 Å². The number of benzene rings is 1. The highest BCUT2D eigenvalue weighted by Gasteiger charge is 2.46. The van der Waals surface area contributed by atoms with Crippen LogP contribution in [0.15, 0.2) is 34.5 Å². The molecule has 30 heavy (non-hydrogen) atoms. The lowest BCUT2D eigenvalue weighted by Gasteiger charge is -2.33. The summed E-state index contributed by atoms with van der Waals surface area (Å²) in [6, 6.07) is 4.21. The van der Waals surface area contributed by atoms with Crippen LogP contribution >= 0.6 is 11.8 Å². The van der Waals surface area contributed by atoms with Crippen LogP contribution in [0.4, 0.5) is 0 Å². The molecule has 3 rings (SSSR count). The van der Waals surface area contributed by atoms with Crippen molar-refractivity contribution in [3.8, 4) is 11.5 Å². The van der Waals surface area contributed by atoms with Gasteiger partial charge in [-0.2, -0.15) is 0 Å². The normalized spacial score (nSPS) is 20.8. The monoisotopic (exact) mass is 432 g/mol. The molecule has 1 saturated heterocycles. The minimum atomic E-state index is -0.728. The van der Waals surface area contributed by atoms with Crippen molar-refractivity contribution in [2.45, 2.75) is 52.0 Å². The number of aliphatic imine (C=N–C) groups is 1. The van der Waals surface area contributed by atoms with Crippen LogP contribution in [-0.4, -0.2) is 46.4 Å². The number of hydrogen-bond acceptors (Lipinski definition) is 8. The molecule has 0 bridgehead atoms. The summed E-state index contributed by atoms with van der Waals surface area (Å²) < 4.78 is 16.0. The van der Waals surface area contributed by atoms with Gasteiger partial charge in [0.2, 0.25) is 5.91 Å². The molecule has 0 N–H and O–H groups in total. The number of ether oxygens (including phenoxy) is 3. The third kappa shape index (κ3) is 4.07. The fourth-order valence-electron chi connectivity index (χ4n) is 3.35. The second-order valence-corrected chi connectivity index (χ2v) is 8.53. The predicted molar refractivity (Wildman–Crippen MR) is 112 cm³/mol. The van der Waals surface area contributed by atoms with Crippen molar-refractivity contribution < 1.29 is 28.6 Å². The van der Waals surface area contributed by atoms with Crippen LogP contribution in [-0.2, 0) is 19.1 Å². The summed E-state index contributed by atoms with van der Waals surface area (Å²) in [4.78, 5) is 43.3. The number of nitrogens with zero attached hydrogens (tertiary/aromatic N) is 2. The molecule has 0 radical (unpaired) electrons. The van der Waals surface area contributed by atoms with Gasteiger partial charge in [0, 0.05) is 6.92 Å². The zero-order chi connectivity index (χ0) is 22.2. The number of amides is 1. The van der Waals surface area contributed by atoms with Crippen LogP contribution in [0, 0.1) is 0 Å². The van der Waals surface area contributed by atoms with E-state index in [-0.39, 0.29) is 28.6 Å². The number of rotatable bonds is 5. The highest BCUT2D eigenvalue weighted by molar-refractivity contribution is 8.15. The summed E-state index contributed by atoms with van der Waals surface area (Å²) in [7, 11) is 1.45. The molecule has 0 saturated carbocycles. The van der Waals surface area contributed by atoms with E-state index in [9.17, 15) is 14.4 Å². The van der Waals surface area contributed by atoms with Gasteiger partial charge in [0.1, 0.15) is 0 Å². The first kappa shape index (κ1) is 21.9. The Bertz CT molecular complexity index is 968. The van der Waals surface area contributed by atoms with E-state index in [0.717, 1.165) is 0 Å². The van der Waals surface area contributed by atoms with Crippen LogP contribution in [0.1, 0.15) is 46.2 Å². The third-order valence-corrected chi connectivity index (χ3v) is 5.63.